The van der Waals surface area contributed by atoms with E-state index in [1.807, 2.05) is 0 Å². The third kappa shape index (κ3) is 6.32. The number of primary amides is 1. The molecule has 0 saturated carbocycles. The number of nitrogens with two attached hydrogens (primary N) is 1. The van der Waals surface area contributed by atoms with Crippen LogP contribution in [0, 0.1) is 5.82 Å². The molecule has 1 aromatic carbocycles. The number of ether oxygens (including phenoxy) is 1. The molecule has 0 radical (unpaired) electrons. The van der Waals surface area contributed by atoms with Gasteiger partial charge in [-0.05, 0) is 57.0 Å². The highest BCUT2D eigenvalue weighted by atomic mass is 19.1. The summed E-state index contributed by atoms with van der Waals surface area (Å²) in [6.07, 6.45) is 5.26. The van der Waals surface area contributed by atoms with Gasteiger partial charge >= 0.3 is 0 Å². The van der Waals surface area contributed by atoms with Gasteiger partial charge in [-0.25, -0.2) is 14.4 Å². The van der Waals surface area contributed by atoms with E-state index in [0.717, 1.165) is 65.0 Å². The van der Waals surface area contributed by atoms with Gasteiger partial charge in [0.05, 0.1) is 11.4 Å². The molecule has 42 heavy (non-hydrogen) atoms. The number of rotatable bonds is 8. The normalized spacial score (nSPS) is 19.6. The number of H-pyrrole nitrogens is 1. The summed E-state index contributed by atoms with van der Waals surface area (Å²) in [7, 11) is 2.17. The first-order valence-electron chi connectivity index (χ1n) is 14.7. The molecular weight excluding hydrogens is 539 g/mol. The molecule has 3 aliphatic rings. The summed E-state index contributed by atoms with van der Waals surface area (Å²) in [6.45, 7) is 7.32. The van der Waals surface area contributed by atoms with Gasteiger partial charge in [0.25, 0.3) is 5.91 Å². The van der Waals surface area contributed by atoms with Crippen molar-refractivity contribution in [3.63, 3.8) is 0 Å². The van der Waals surface area contributed by atoms with Crippen molar-refractivity contribution in [2.75, 3.05) is 75.1 Å². The van der Waals surface area contributed by atoms with Crippen LogP contribution < -0.4 is 21.3 Å². The number of aromatic nitrogens is 4. The van der Waals surface area contributed by atoms with E-state index in [0.29, 0.717) is 47.8 Å². The first-order valence-corrected chi connectivity index (χ1v) is 14.7. The molecule has 224 valence electrons. The summed E-state index contributed by atoms with van der Waals surface area (Å²) in [4.78, 5) is 28.8. The van der Waals surface area contributed by atoms with Crippen molar-refractivity contribution < 1.29 is 13.9 Å². The Hall–Kier alpha value is -3.81. The molecule has 3 aliphatic heterocycles. The van der Waals surface area contributed by atoms with Crippen LogP contribution in [-0.4, -0.2) is 107 Å². The summed E-state index contributed by atoms with van der Waals surface area (Å²) < 4.78 is 21.0. The monoisotopic (exact) mass is 578 g/mol. The highest BCUT2D eigenvalue weighted by Crippen LogP contribution is 2.32. The topological polar surface area (TPSA) is 141 Å². The fraction of sp³-hybridized carbons (Fsp3) is 0.517. The lowest BCUT2D eigenvalue weighted by atomic mass is 10.0. The smallest absolute Gasteiger partial charge is 0.271 e. The quantitative estimate of drug-likeness (QED) is 0.315. The van der Waals surface area contributed by atoms with Crippen LogP contribution in [0.25, 0.3) is 11.4 Å². The van der Waals surface area contributed by atoms with Crippen molar-refractivity contribution in [2.45, 2.75) is 37.8 Å². The van der Waals surface area contributed by atoms with E-state index in [4.69, 9.17) is 15.5 Å². The second-order valence-corrected chi connectivity index (χ2v) is 11.3. The van der Waals surface area contributed by atoms with E-state index in [-0.39, 0.29) is 23.4 Å². The van der Waals surface area contributed by atoms with E-state index in [1.165, 1.54) is 6.07 Å². The minimum Gasteiger partial charge on any atom is -0.381 e. The molecule has 6 rings (SSSR count). The molecule has 2 aromatic heterocycles. The van der Waals surface area contributed by atoms with Crippen LogP contribution in [0.2, 0.25) is 0 Å². The number of carbonyl (C=O) groups excluding carboxylic acids is 1. The number of nitrogens with one attached hydrogen (secondary N) is 3. The van der Waals surface area contributed by atoms with Crippen molar-refractivity contribution >= 4 is 28.9 Å². The Morgan fingerprint density at radius 3 is 2.45 bits per heavy atom. The van der Waals surface area contributed by atoms with Gasteiger partial charge < -0.3 is 30.9 Å². The fourth-order valence-corrected chi connectivity index (χ4v) is 6.04. The lowest BCUT2D eigenvalue weighted by Gasteiger charge is -2.42. The van der Waals surface area contributed by atoms with Crippen LogP contribution in [-0.2, 0) is 4.74 Å². The Morgan fingerprint density at radius 1 is 1.02 bits per heavy atom. The Bertz CT molecular complexity index is 1360. The van der Waals surface area contributed by atoms with Gasteiger partial charge in [-0.2, -0.15) is 5.10 Å². The Labute approximate surface area is 244 Å². The molecular formula is C29H39FN10O2. The van der Waals surface area contributed by atoms with Gasteiger partial charge in [0.15, 0.2) is 17.3 Å². The van der Waals surface area contributed by atoms with Crippen molar-refractivity contribution in [1.82, 2.24) is 30.0 Å². The third-order valence-corrected chi connectivity index (χ3v) is 8.52. The number of piperazine rings is 1. The first-order chi connectivity index (χ1) is 20.4. The van der Waals surface area contributed by atoms with Crippen LogP contribution in [0.3, 0.4) is 0 Å². The zero-order chi connectivity index (χ0) is 29.1. The third-order valence-electron chi connectivity index (χ3n) is 8.52. The average molecular weight is 579 g/mol. The highest BCUT2D eigenvalue weighted by Gasteiger charge is 2.28. The van der Waals surface area contributed by atoms with Crippen molar-refractivity contribution in [1.29, 1.82) is 0 Å². The SMILES string of the molecule is CN1CCN(C2CCN(c3ccc(Nc4nc(NC5CCOCC5)c(-c5ccn[nH]5)nc4C(N)=O)cc3F)CC2)CC1. The number of hydrogen-bond acceptors (Lipinski definition) is 10. The molecule has 3 fully saturated rings. The molecule has 0 aliphatic carbocycles. The molecule has 3 aromatic rings. The van der Waals surface area contributed by atoms with Gasteiger partial charge in [-0.1, -0.05) is 0 Å². The molecule has 12 nitrogen and oxygen atoms in total. The maximum absolute atomic E-state index is 15.5. The van der Waals surface area contributed by atoms with Gasteiger partial charge in [0.2, 0.25) is 0 Å². The number of carbonyl (C=O) groups is 1. The maximum atomic E-state index is 15.5. The predicted octanol–water partition coefficient (Wildman–Crippen LogP) is 2.66. The zero-order valence-corrected chi connectivity index (χ0v) is 24.0. The molecule has 0 atom stereocenters. The first kappa shape index (κ1) is 28.3. The Balaban J connectivity index is 1.20. The van der Waals surface area contributed by atoms with E-state index < -0.39 is 5.91 Å². The van der Waals surface area contributed by atoms with Gasteiger partial charge in [0, 0.05) is 76.5 Å². The predicted molar refractivity (Wildman–Crippen MR) is 160 cm³/mol. The molecule has 0 bridgehead atoms. The standard InChI is InChI=1S/C29H39FN10O2/c1-38-12-14-39(15-13-38)21-5-10-40(11-6-21)24-3-2-20(18-22(24)30)34-29-26(27(31)41)35-25(23-4-9-32-37-23)28(36-29)33-19-7-16-42-17-8-19/h2-4,9,18-19,21H,5-8,10-17H2,1H3,(H2,31,41)(H,32,37)(H2,33,34,36). The lowest BCUT2D eigenvalue weighted by molar-refractivity contribution is 0.0904. The number of nitrogens with zero attached hydrogens (tertiary/aromatic N) is 6. The Morgan fingerprint density at radius 2 is 1.79 bits per heavy atom. The van der Waals surface area contributed by atoms with Crippen molar-refractivity contribution in [3.05, 3.63) is 42.0 Å². The molecule has 0 unspecified atom stereocenters. The number of piperidine rings is 1. The summed E-state index contributed by atoms with van der Waals surface area (Å²) >= 11 is 0. The van der Waals surface area contributed by atoms with Crippen LogP contribution in [0.1, 0.15) is 36.2 Å². The van der Waals surface area contributed by atoms with E-state index >= 15 is 4.39 Å². The van der Waals surface area contributed by atoms with Gasteiger partial charge in [-0.15, -0.1) is 0 Å². The van der Waals surface area contributed by atoms with Crippen LogP contribution >= 0.6 is 0 Å². The summed E-state index contributed by atoms with van der Waals surface area (Å²) in [6, 6.07) is 7.44. The second kappa shape index (κ2) is 12.6. The zero-order valence-electron chi connectivity index (χ0n) is 24.0. The van der Waals surface area contributed by atoms with E-state index in [9.17, 15) is 4.79 Å². The lowest BCUT2D eigenvalue weighted by Crippen LogP contribution is -2.52. The summed E-state index contributed by atoms with van der Waals surface area (Å²) in [5, 5.41) is 13.4. The average Bonchev–Trinajstić information content (AvgIpc) is 3.53. The molecule has 1 amide bonds. The summed E-state index contributed by atoms with van der Waals surface area (Å²) in [5.41, 5.74) is 7.72. The molecule has 5 heterocycles. The number of benzene rings is 1. The summed E-state index contributed by atoms with van der Waals surface area (Å²) in [5.74, 6) is -0.454. The van der Waals surface area contributed by atoms with E-state index in [2.05, 4.69) is 47.6 Å². The van der Waals surface area contributed by atoms with Crippen molar-refractivity contribution in [2.24, 2.45) is 5.73 Å². The largest absolute Gasteiger partial charge is 0.381 e. The molecule has 0 spiro atoms. The molecule has 3 saturated heterocycles. The number of amides is 1. The fourth-order valence-electron chi connectivity index (χ4n) is 6.04. The second-order valence-electron chi connectivity index (χ2n) is 11.3. The molecule has 13 heteroatoms. The highest BCUT2D eigenvalue weighted by molar-refractivity contribution is 5.97. The number of halogens is 1. The van der Waals surface area contributed by atoms with Crippen molar-refractivity contribution in [3.8, 4) is 11.4 Å². The van der Waals surface area contributed by atoms with Crippen LogP contribution in [0.5, 0.6) is 0 Å². The Kier molecular flexibility index (Phi) is 8.49. The van der Waals surface area contributed by atoms with Crippen LogP contribution in [0.15, 0.2) is 30.5 Å². The number of aromatic amines is 1. The minimum atomic E-state index is -0.747. The number of likely N-dealkylation sites (N-methyl/N-ethyl adjacent to an activating group) is 1. The van der Waals surface area contributed by atoms with Gasteiger partial charge in [0.1, 0.15) is 11.5 Å². The van der Waals surface area contributed by atoms with E-state index in [1.54, 1.807) is 24.4 Å². The number of hydrogen-bond donors (Lipinski definition) is 4. The van der Waals surface area contributed by atoms with Crippen LogP contribution in [0.4, 0.5) is 27.4 Å². The minimum absolute atomic E-state index is 0.0485. The number of anilines is 4. The van der Waals surface area contributed by atoms with Gasteiger partial charge in [-0.3, -0.25) is 14.8 Å². The molecule has 5 N–H and O–H groups in total. The maximum Gasteiger partial charge on any atom is 0.271 e.